The number of methoxy groups -OCH3 is 2. The number of fused-ring (bicyclic) bond motifs is 2. The molecule has 0 unspecified atom stereocenters. The van der Waals surface area contributed by atoms with E-state index >= 15 is 4.39 Å². The normalized spacial score (nSPS) is 14.7. The summed E-state index contributed by atoms with van der Waals surface area (Å²) in [6.45, 7) is 1.48. The fourth-order valence-corrected chi connectivity index (χ4v) is 4.86. The van der Waals surface area contributed by atoms with E-state index < -0.39 is 36.0 Å². The summed E-state index contributed by atoms with van der Waals surface area (Å²) in [4.78, 5) is 11.5. The summed E-state index contributed by atoms with van der Waals surface area (Å²) in [5, 5.41) is 28.5. The lowest BCUT2D eigenvalue weighted by atomic mass is 9.89. The Labute approximate surface area is 220 Å². The van der Waals surface area contributed by atoms with Crippen molar-refractivity contribution in [1.29, 1.82) is 0 Å². The molecule has 8 nitrogen and oxygen atoms in total. The predicted molar refractivity (Wildman–Crippen MR) is 138 cm³/mol. The average molecular weight is 525 g/mol. The van der Waals surface area contributed by atoms with Crippen molar-refractivity contribution in [3.8, 4) is 22.6 Å². The van der Waals surface area contributed by atoms with Gasteiger partial charge < -0.3 is 24.3 Å². The number of hydrogen-bond acceptors (Lipinski definition) is 5. The first-order valence-corrected chi connectivity index (χ1v) is 11.6. The van der Waals surface area contributed by atoms with Crippen molar-refractivity contribution in [2.45, 2.75) is 18.9 Å². The summed E-state index contributed by atoms with van der Waals surface area (Å²) in [5.41, 5.74) is -0.448. The third kappa shape index (κ3) is 3.89. The Morgan fingerprint density at radius 1 is 1.21 bits per heavy atom. The number of carbonyl (C=O) groups is 1. The molecule has 0 radical (unpaired) electrons. The SMILES string of the molecule is [2H]C([2H])([2H])Oc1cc(-n2c([C@@](O)(CC)COC)c(-c3ccc(C(=O)O)cc3)c3c(F)c4[nH]ncc4cc32)ccc1F. The number of aliphatic hydroxyl groups is 1. The summed E-state index contributed by atoms with van der Waals surface area (Å²) in [5.74, 6) is -3.34. The third-order valence-corrected chi connectivity index (χ3v) is 6.72. The monoisotopic (exact) mass is 524 g/mol. The number of carboxylic acids is 1. The Morgan fingerprint density at radius 3 is 2.63 bits per heavy atom. The number of ether oxygens (including phenoxy) is 2. The Balaban J connectivity index is 1.97. The van der Waals surface area contributed by atoms with Crippen LogP contribution in [0.5, 0.6) is 5.75 Å². The lowest BCUT2D eigenvalue weighted by molar-refractivity contribution is -0.0422. The Morgan fingerprint density at radius 2 is 1.97 bits per heavy atom. The first-order valence-electron chi connectivity index (χ1n) is 13.1. The summed E-state index contributed by atoms with van der Waals surface area (Å²) in [6, 6.07) is 10.9. The van der Waals surface area contributed by atoms with Crippen LogP contribution < -0.4 is 4.74 Å². The molecule has 0 aliphatic carbocycles. The maximum absolute atomic E-state index is 16.4. The van der Waals surface area contributed by atoms with E-state index in [-0.39, 0.29) is 52.0 Å². The molecule has 3 aromatic carbocycles. The average Bonchev–Trinajstić information content (AvgIpc) is 3.53. The number of aromatic nitrogens is 3. The topological polar surface area (TPSA) is 110 Å². The first kappa shape index (κ1) is 21.8. The minimum Gasteiger partial charge on any atom is -0.494 e. The number of H-pyrrole nitrogens is 1. The number of carboxylic acid groups (broad SMARTS) is 1. The molecule has 5 rings (SSSR count). The van der Waals surface area contributed by atoms with Crippen LogP contribution in [-0.2, 0) is 10.3 Å². The van der Waals surface area contributed by atoms with Crippen molar-refractivity contribution in [2.75, 3.05) is 20.8 Å². The van der Waals surface area contributed by atoms with E-state index in [1.165, 1.54) is 48.2 Å². The smallest absolute Gasteiger partial charge is 0.335 e. The van der Waals surface area contributed by atoms with Gasteiger partial charge in [0.2, 0.25) is 0 Å². The molecule has 2 aromatic heterocycles. The molecule has 1 atom stereocenters. The van der Waals surface area contributed by atoms with Gasteiger partial charge in [0.1, 0.15) is 11.1 Å². The lowest BCUT2D eigenvalue weighted by Crippen LogP contribution is -2.33. The second-order valence-electron chi connectivity index (χ2n) is 8.90. The molecule has 0 saturated carbocycles. The van der Waals surface area contributed by atoms with E-state index in [2.05, 4.69) is 10.2 Å². The number of nitrogens with one attached hydrogen (secondary N) is 1. The Bertz CT molecular complexity index is 1780. The summed E-state index contributed by atoms with van der Waals surface area (Å²) >= 11 is 0. The van der Waals surface area contributed by atoms with Gasteiger partial charge >= 0.3 is 5.97 Å². The highest BCUT2D eigenvalue weighted by Crippen LogP contribution is 2.46. The molecule has 196 valence electrons. The molecule has 0 saturated heterocycles. The van der Waals surface area contributed by atoms with Gasteiger partial charge in [0.05, 0.1) is 40.7 Å². The second kappa shape index (κ2) is 9.55. The Hall–Kier alpha value is -4.28. The minimum absolute atomic E-state index is 0.00287. The van der Waals surface area contributed by atoms with Gasteiger partial charge in [0.15, 0.2) is 17.4 Å². The highest BCUT2D eigenvalue weighted by molar-refractivity contribution is 6.06. The molecule has 0 aliphatic rings. The summed E-state index contributed by atoms with van der Waals surface area (Å²) in [7, 11) is -1.56. The number of aromatic carboxylic acids is 1. The van der Waals surface area contributed by atoms with Crippen molar-refractivity contribution in [1.82, 2.24) is 14.8 Å². The van der Waals surface area contributed by atoms with Gasteiger partial charge in [-0.1, -0.05) is 19.1 Å². The van der Waals surface area contributed by atoms with Crippen molar-refractivity contribution in [2.24, 2.45) is 0 Å². The second-order valence-corrected chi connectivity index (χ2v) is 8.90. The number of hydrogen-bond donors (Lipinski definition) is 3. The maximum atomic E-state index is 16.4. The van der Waals surface area contributed by atoms with Crippen LogP contribution in [0.25, 0.3) is 38.6 Å². The fraction of sp³-hybridized carbons (Fsp3) is 0.214. The zero-order valence-corrected chi connectivity index (χ0v) is 20.4. The van der Waals surface area contributed by atoms with Gasteiger partial charge in [0, 0.05) is 35.2 Å². The maximum Gasteiger partial charge on any atom is 0.335 e. The van der Waals surface area contributed by atoms with Gasteiger partial charge in [0.25, 0.3) is 0 Å². The quantitative estimate of drug-likeness (QED) is 0.251. The molecule has 10 heteroatoms. The molecule has 0 bridgehead atoms. The van der Waals surface area contributed by atoms with Gasteiger partial charge in [-0.25, -0.2) is 13.6 Å². The highest BCUT2D eigenvalue weighted by atomic mass is 19.1. The van der Waals surface area contributed by atoms with E-state index in [9.17, 15) is 19.4 Å². The first-order chi connectivity index (χ1) is 19.4. The lowest BCUT2D eigenvalue weighted by Gasteiger charge is -2.30. The van der Waals surface area contributed by atoms with Gasteiger partial charge in [-0.15, -0.1) is 0 Å². The van der Waals surface area contributed by atoms with E-state index in [1.807, 2.05) is 0 Å². The molecule has 3 N–H and O–H groups in total. The van der Waals surface area contributed by atoms with E-state index in [0.29, 0.717) is 10.9 Å². The largest absolute Gasteiger partial charge is 0.494 e. The minimum atomic E-state index is -2.95. The number of rotatable bonds is 8. The highest BCUT2D eigenvalue weighted by Gasteiger charge is 2.38. The van der Waals surface area contributed by atoms with Crippen LogP contribution in [0.4, 0.5) is 8.78 Å². The number of halogens is 2. The van der Waals surface area contributed by atoms with Crippen LogP contribution >= 0.6 is 0 Å². The van der Waals surface area contributed by atoms with E-state index in [4.69, 9.17) is 13.6 Å². The number of aromatic amines is 1. The molecule has 5 aromatic rings. The summed E-state index contributed by atoms with van der Waals surface area (Å²) in [6.07, 6.45) is 1.52. The van der Waals surface area contributed by atoms with Crippen LogP contribution in [0.3, 0.4) is 0 Å². The van der Waals surface area contributed by atoms with Crippen molar-refractivity contribution in [3.05, 3.63) is 77.6 Å². The standard InChI is InChI=1S/C28H25F2N3O5/c1-4-28(36,14-37-2)26-22(15-5-7-16(8-6-15)27(34)35)23-20(11-17-13-31-32-25(17)24(23)30)33(26)18-9-10-19(29)21(12-18)38-3/h5-13,36H,4,14H2,1-3H3,(H,31,32)(H,34,35)/t28-/m1/s1/i3D3. The van der Waals surface area contributed by atoms with Crippen molar-refractivity contribution >= 4 is 27.8 Å². The molecule has 38 heavy (non-hydrogen) atoms. The fourth-order valence-electron chi connectivity index (χ4n) is 4.86. The van der Waals surface area contributed by atoms with Crippen LogP contribution in [-0.4, -0.2) is 51.7 Å². The van der Waals surface area contributed by atoms with Crippen molar-refractivity contribution < 1.29 is 37.4 Å². The summed E-state index contributed by atoms with van der Waals surface area (Å²) < 4.78 is 65.1. The Kier molecular flexibility index (Phi) is 5.47. The van der Waals surface area contributed by atoms with E-state index in [0.717, 1.165) is 12.1 Å². The van der Waals surface area contributed by atoms with Crippen LogP contribution in [0.2, 0.25) is 0 Å². The molecule has 0 aliphatic heterocycles. The molecule has 0 fully saturated rings. The number of benzene rings is 3. The van der Waals surface area contributed by atoms with Gasteiger partial charge in [-0.2, -0.15) is 5.10 Å². The van der Waals surface area contributed by atoms with Gasteiger partial charge in [-0.05, 0) is 42.3 Å². The van der Waals surface area contributed by atoms with Crippen LogP contribution in [0, 0.1) is 11.6 Å². The molecular formula is C28H25F2N3O5. The molecule has 0 amide bonds. The van der Waals surface area contributed by atoms with E-state index in [1.54, 1.807) is 13.0 Å². The molecule has 2 heterocycles. The predicted octanol–water partition coefficient (Wildman–Crippen LogP) is 5.40. The zero-order valence-electron chi connectivity index (χ0n) is 23.4. The van der Waals surface area contributed by atoms with Crippen molar-refractivity contribution in [3.63, 3.8) is 0 Å². The molecule has 0 spiro atoms. The third-order valence-electron chi connectivity index (χ3n) is 6.72. The van der Waals surface area contributed by atoms with Gasteiger partial charge in [-0.3, -0.25) is 5.10 Å². The number of nitrogens with zero attached hydrogens (tertiary/aromatic N) is 2. The van der Waals surface area contributed by atoms with Crippen LogP contribution in [0.1, 0.15) is 33.5 Å². The molecular weight excluding hydrogens is 496 g/mol. The van der Waals surface area contributed by atoms with Crippen LogP contribution in [0.15, 0.2) is 54.7 Å². The zero-order chi connectivity index (χ0) is 29.7.